The Hall–Kier alpha value is -2.62. The maximum atomic E-state index is 12.5. The number of fused-ring (bicyclic) bond motifs is 1. The molecule has 0 bridgehead atoms. The molecular weight excluding hydrogens is 436 g/mol. The molecule has 0 fully saturated rings. The van der Waals surface area contributed by atoms with Gasteiger partial charge in [0.05, 0.1) is 15.6 Å². The van der Waals surface area contributed by atoms with E-state index < -0.39 is 15.7 Å². The van der Waals surface area contributed by atoms with Crippen molar-refractivity contribution in [3.63, 3.8) is 0 Å². The molecule has 0 aliphatic carbocycles. The number of carbonyl (C=O) groups excluding carboxylic acids is 1. The molecule has 0 saturated carbocycles. The van der Waals surface area contributed by atoms with Crippen molar-refractivity contribution in [1.29, 1.82) is 0 Å². The summed E-state index contributed by atoms with van der Waals surface area (Å²) in [6.07, 6.45) is 1.04. The van der Waals surface area contributed by atoms with Gasteiger partial charge in [-0.3, -0.25) is 10.1 Å². The molecule has 0 saturated heterocycles. The van der Waals surface area contributed by atoms with Crippen molar-refractivity contribution in [2.75, 3.05) is 24.8 Å². The van der Waals surface area contributed by atoms with Crippen molar-refractivity contribution < 1.29 is 22.7 Å². The molecule has 150 valence electrons. The van der Waals surface area contributed by atoms with Crippen LogP contribution in [0.1, 0.15) is 10.4 Å². The van der Waals surface area contributed by atoms with Crippen LogP contribution in [0, 0.1) is 0 Å². The Labute approximate surface area is 176 Å². The molecule has 2 aromatic carbocycles. The number of nitrogens with zero attached hydrogens (tertiary/aromatic N) is 1. The van der Waals surface area contributed by atoms with E-state index in [-0.39, 0.29) is 15.5 Å². The van der Waals surface area contributed by atoms with Crippen LogP contribution in [0.15, 0.2) is 46.7 Å². The second-order valence-corrected chi connectivity index (χ2v) is 9.52. The number of thiazole rings is 1. The molecule has 1 aromatic heterocycles. The molecule has 4 rings (SSSR count). The number of sulfone groups is 1. The molecule has 1 amide bonds. The van der Waals surface area contributed by atoms with Crippen LogP contribution < -0.4 is 14.8 Å². The minimum Gasteiger partial charge on any atom is -0.486 e. The molecule has 29 heavy (non-hydrogen) atoms. The number of halogens is 1. The highest BCUT2D eigenvalue weighted by molar-refractivity contribution is 7.90. The average molecular weight is 451 g/mol. The smallest absolute Gasteiger partial charge is 0.257 e. The SMILES string of the molecule is CS(=O)(=O)c1cc(C(=O)Nc2nc(-c3ccc4c(c3)OCCO4)cs2)ccc1Cl. The van der Waals surface area contributed by atoms with Gasteiger partial charge in [-0.2, -0.15) is 0 Å². The molecule has 0 atom stereocenters. The Bertz CT molecular complexity index is 1210. The number of benzene rings is 2. The van der Waals surface area contributed by atoms with Crippen molar-refractivity contribution in [2.24, 2.45) is 0 Å². The third-order valence-corrected chi connectivity index (χ3v) is 6.49. The molecule has 0 spiro atoms. The van der Waals surface area contributed by atoms with Gasteiger partial charge in [-0.1, -0.05) is 11.6 Å². The summed E-state index contributed by atoms with van der Waals surface area (Å²) >= 11 is 7.19. The molecule has 1 N–H and O–H groups in total. The highest BCUT2D eigenvalue weighted by Gasteiger charge is 2.18. The van der Waals surface area contributed by atoms with Gasteiger partial charge in [-0.05, 0) is 36.4 Å². The average Bonchev–Trinajstić information content (AvgIpc) is 3.15. The first kappa shape index (κ1) is 19.7. The highest BCUT2D eigenvalue weighted by Crippen LogP contribution is 2.35. The van der Waals surface area contributed by atoms with E-state index in [1.165, 1.54) is 29.5 Å². The zero-order chi connectivity index (χ0) is 20.6. The Balaban J connectivity index is 1.55. The van der Waals surface area contributed by atoms with E-state index in [9.17, 15) is 13.2 Å². The first-order valence-electron chi connectivity index (χ1n) is 8.48. The minimum atomic E-state index is -3.55. The first-order chi connectivity index (χ1) is 13.8. The number of ether oxygens (including phenoxy) is 2. The predicted molar refractivity (Wildman–Crippen MR) is 111 cm³/mol. The highest BCUT2D eigenvalue weighted by atomic mass is 35.5. The van der Waals surface area contributed by atoms with Crippen molar-refractivity contribution in [3.8, 4) is 22.8 Å². The summed E-state index contributed by atoms with van der Waals surface area (Å²) in [7, 11) is -3.55. The van der Waals surface area contributed by atoms with Crippen LogP contribution in [-0.2, 0) is 9.84 Å². The fourth-order valence-electron chi connectivity index (χ4n) is 2.76. The normalized spacial score (nSPS) is 13.2. The fourth-order valence-corrected chi connectivity index (χ4v) is 4.78. The van der Waals surface area contributed by atoms with Crippen molar-refractivity contribution in [2.45, 2.75) is 4.90 Å². The molecule has 7 nitrogen and oxygen atoms in total. The molecular formula is C19H15ClN2O5S2. The van der Waals surface area contributed by atoms with E-state index in [4.69, 9.17) is 21.1 Å². The molecule has 0 radical (unpaired) electrons. The number of rotatable bonds is 4. The summed E-state index contributed by atoms with van der Waals surface area (Å²) in [5.74, 6) is 0.865. The summed E-state index contributed by atoms with van der Waals surface area (Å²) in [6.45, 7) is 1.01. The zero-order valence-corrected chi connectivity index (χ0v) is 17.5. The van der Waals surface area contributed by atoms with Crippen LogP contribution in [0.2, 0.25) is 5.02 Å². The van der Waals surface area contributed by atoms with Crippen LogP contribution in [0.25, 0.3) is 11.3 Å². The zero-order valence-electron chi connectivity index (χ0n) is 15.1. The number of nitrogens with one attached hydrogen (secondary N) is 1. The lowest BCUT2D eigenvalue weighted by molar-refractivity contribution is 0.102. The van der Waals surface area contributed by atoms with Gasteiger partial charge in [0.15, 0.2) is 26.5 Å². The lowest BCUT2D eigenvalue weighted by Gasteiger charge is -2.18. The van der Waals surface area contributed by atoms with Crippen LogP contribution in [-0.4, -0.2) is 38.8 Å². The minimum absolute atomic E-state index is 0.0687. The monoisotopic (exact) mass is 450 g/mol. The van der Waals surface area contributed by atoms with E-state index in [2.05, 4.69) is 10.3 Å². The number of amides is 1. The third kappa shape index (κ3) is 4.21. The van der Waals surface area contributed by atoms with Crippen molar-refractivity contribution >= 4 is 43.8 Å². The van der Waals surface area contributed by atoms with Crippen LogP contribution >= 0.6 is 22.9 Å². The van der Waals surface area contributed by atoms with Gasteiger partial charge in [0.1, 0.15) is 13.2 Å². The summed E-state index contributed by atoms with van der Waals surface area (Å²) in [6, 6.07) is 9.62. The summed E-state index contributed by atoms with van der Waals surface area (Å²) in [5, 5.41) is 4.95. The molecule has 3 aromatic rings. The van der Waals surface area contributed by atoms with E-state index in [0.29, 0.717) is 35.5 Å². The number of hydrogen-bond donors (Lipinski definition) is 1. The summed E-state index contributed by atoms with van der Waals surface area (Å²) < 4.78 is 34.7. The largest absolute Gasteiger partial charge is 0.486 e. The topological polar surface area (TPSA) is 94.6 Å². The maximum absolute atomic E-state index is 12.5. The molecule has 1 aliphatic rings. The van der Waals surface area contributed by atoms with Gasteiger partial charge in [0, 0.05) is 22.8 Å². The maximum Gasteiger partial charge on any atom is 0.257 e. The third-order valence-electron chi connectivity index (χ3n) is 4.16. The Morgan fingerprint density at radius 1 is 1.14 bits per heavy atom. The molecule has 10 heteroatoms. The first-order valence-corrected chi connectivity index (χ1v) is 11.6. The summed E-state index contributed by atoms with van der Waals surface area (Å²) in [5.41, 5.74) is 1.68. The fraction of sp³-hybridized carbons (Fsp3) is 0.158. The van der Waals surface area contributed by atoms with Crippen LogP contribution in [0.4, 0.5) is 5.13 Å². The standard InChI is InChI=1S/C19H15ClN2O5S2/c1-29(24,25)17-9-12(2-4-13(17)20)18(23)22-19-21-14(10-28-19)11-3-5-15-16(8-11)27-7-6-26-15/h2-5,8-10H,6-7H2,1H3,(H,21,22,23). The van der Waals surface area contributed by atoms with Crippen molar-refractivity contribution in [3.05, 3.63) is 52.4 Å². The summed E-state index contributed by atoms with van der Waals surface area (Å²) in [4.78, 5) is 16.9. The lowest BCUT2D eigenvalue weighted by atomic mass is 10.1. The number of anilines is 1. The van der Waals surface area contributed by atoms with Gasteiger partial charge in [0.2, 0.25) is 0 Å². The Morgan fingerprint density at radius 3 is 2.66 bits per heavy atom. The van der Waals surface area contributed by atoms with E-state index >= 15 is 0 Å². The molecule has 1 aliphatic heterocycles. The second-order valence-electron chi connectivity index (χ2n) is 6.27. The predicted octanol–water partition coefficient (Wildman–Crippen LogP) is 3.89. The van der Waals surface area contributed by atoms with Gasteiger partial charge < -0.3 is 9.47 Å². The van der Waals surface area contributed by atoms with Gasteiger partial charge in [-0.15, -0.1) is 11.3 Å². The lowest BCUT2D eigenvalue weighted by Crippen LogP contribution is -2.15. The van der Waals surface area contributed by atoms with Crippen molar-refractivity contribution in [1.82, 2.24) is 4.98 Å². The van der Waals surface area contributed by atoms with Crippen LogP contribution in [0.5, 0.6) is 11.5 Å². The molecule has 2 heterocycles. The van der Waals surface area contributed by atoms with E-state index in [1.807, 2.05) is 23.6 Å². The van der Waals surface area contributed by atoms with Gasteiger partial charge in [-0.25, -0.2) is 13.4 Å². The Kier molecular flexibility index (Phi) is 5.20. The number of carbonyl (C=O) groups is 1. The van der Waals surface area contributed by atoms with Gasteiger partial charge >= 0.3 is 0 Å². The Morgan fingerprint density at radius 2 is 1.90 bits per heavy atom. The quantitative estimate of drug-likeness (QED) is 0.648. The van der Waals surface area contributed by atoms with Crippen LogP contribution in [0.3, 0.4) is 0 Å². The van der Waals surface area contributed by atoms with E-state index in [0.717, 1.165) is 11.8 Å². The van der Waals surface area contributed by atoms with E-state index in [1.54, 1.807) is 0 Å². The second kappa shape index (κ2) is 7.66. The van der Waals surface area contributed by atoms with Gasteiger partial charge in [0.25, 0.3) is 5.91 Å². The number of aromatic nitrogens is 1. The molecule has 0 unspecified atom stereocenters. The number of hydrogen-bond acceptors (Lipinski definition) is 7.